The molecule has 0 unspecified atom stereocenters. The highest BCUT2D eigenvalue weighted by Crippen LogP contribution is 2.23. The van der Waals surface area contributed by atoms with Gasteiger partial charge in [0.2, 0.25) is 0 Å². The largest absolute Gasteiger partial charge is 0.494 e. The fourth-order valence-electron chi connectivity index (χ4n) is 3.22. The van der Waals surface area contributed by atoms with Gasteiger partial charge in [-0.2, -0.15) is 0 Å². The van der Waals surface area contributed by atoms with E-state index in [1.807, 2.05) is 36.4 Å². The Labute approximate surface area is 156 Å². The summed E-state index contributed by atoms with van der Waals surface area (Å²) in [7, 11) is 0. The number of nitrogens with one attached hydrogen (secondary N) is 1. The lowest BCUT2D eigenvalue weighted by Gasteiger charge is -2.07. The van der Waals surface area contributed by atoms with Gasteiger partial charge in [0.25, 0.3) is 0 Å². The van der Waals surface area contributed by atoms with Gasteiger partial charge in [0.15, 0.2) is 0 Å². The molecular weight excluding hydrogens is 320 g/mol. The highest BCUT2D eigenvalue weighted by Gasteiger charge is 2.05. The van der Waals surface area contributed by atoms with Crippen molar-refractivity contribution in [2.45, 2.75) is 58.3 Å². The zero-order valence-corrected chi connectivity index (χ0v) is 15.8. The molecule has 0 spiro atoms. The second-order valence-electron chi connectivity index (χ2n) is 6.95. The van der Waals surface area contributed by atoms with Crippen molar-refractivity contribution in [1.29, 1.82) is 0 Å². The Kier molecular flexibility index (Phi) is 7.12. The minimum Gasteiger partial charge on any atom is -0.494 e. The molecule has 0 aliphatic rings. The average molecular weight is 351 g/mol. The Morgan fingerprint density at radius 2 is 1.50 bits per heavy atom. The van der Waals surface area contributed by atoms with Crippen LogP contribution in [0.15, 0.2) is 48.5 Å². The number of aromatic nitrogens is 2. The maximum atomic E-state index is 5.87. The Morgan fingerprint density at radius 1 is 0.808 bits per heavy atom. The smallest absolute Gasteiger partial charge is 0.138 e. The van der Waals surface area contributed by atoms with Crippen LogP contribution in [0.3, 0.4) is 0 Å². The summed E-state index contributed by atoms with van der Waals surface area (Å²) in [5.41, 5.74) is 3.15. The minimum absolute atomic E-state index is 0.805. The number of ether oxygens (including phenoxy) is 1. The molecule has 1 N–H and O–H groups in total. The molecule has 1 aromatic heterocycles. The molecule has 0 saturated carbocycles. The van der Waals surface area contributed by atoms with Gasteiger partial charge in [0.05, 0.1) is 17.6 Å². The van der Waals surface area contributed by atoms with Crippen LogP contribution in [0, 0.1) is 0 Å². The first-order valence-corrected chi connectivity index (χ1v) is 10.0. The summed E-state index contributed by atoms with van der Waals surface area (Å²) < 4.78 is 5.87. The van der Waals surface area contributed by atoms with E-state index in [1.165, 1.54) is 44.9 Å². The summed E-state index contributed by atoms with van der Waals surface area (Å²) in [6, 6.07) is 16.3. The number of rotatable bonds is 11. The number of nitrogens with zero attached hydrogens (tertiary/aromatic N) is 1. The van der Waals surface area contributed by atoms with E-state index in [0.717, 1.165) is 41.2 Å². The summed E-state index contributed by atoms with van der Waals surface area (Å²) in [5.74, 6) is 1.84. The van der Waals surface area contributed by atoms with E-state index in [2.05, 4.69) is 29.0 Å². The Balaban J connectivity index is 1.39. The second kappa shape index (κ2) is 10.0. The molecule has 3 nitrogen and oxygen atoms in total. The fraction of sp³-hybridized carbons (Fsp3) is 0.435. The topological polar surface area (TPSA) is 37.9 Å². The number of hydrogen-bond acceptors (Lipinski definition) is 2. The van der Waals surface area contributed by atoms with Gasteiger partial charge in [-0.15, -0.1) is 0 Å². The first kappa shape index (κ1) is 18.5. The predicted octanol–water partition coefficient (Wildman–Crippen LogP) is 6.75. The molecular formula is C23H30N2O. The molecule has 2 aromatic carbocycles. The van der Waals surface area contributed by atoms with Crippen LogP contribution in [0.25, 0.3) is 22.4 Å². The van der Waals surface area contributed by atoms with Gasteiger partial charge in [0.1, 0.15) is 11.6 Å². The van der Waals surface area contributed by atoms with Gasteiger partial charge in [-0.05, 0) is 42.8 Å². The van der Waals surface area contributed by atoms with Crippen LogP contribution in [0.4, 0.5) is 0 Å². The molecule has 0 aliphatic heterocycles. The van der Waals surface area contributed by atoms with E-state index in [0.29, 0.717) is 0 Å². The summed E-state index contributed by atoms with van der Waals surface area (Å²) in [5, 5.41) is 0. The van der Waals surface area contributed by atoms with Crippen molar-refractivity contribution in [2.75, 3.05) is 6.61 Å². The minimum atomic E-state index is 0.805. The van der Waals surface area contributed by atoms with Gasteiger partial charge < -0.3 is 9.72 Å². The van der Waals surface area contributed by atoms with Crippen LogP contribution in [-0.2, 0) is 0 Å². The Morgan fingerprint density at radius 3 is 2.23 bits per heavy atom. The second-order valence-corrected chi connectivity index (χ2v) is 6.95. The molecule has 26 heavy (non-hydrogen) atoms. The van der Waals surface area contributed by atoms with E-state index in [1.54, 1.807) is 0 Å². The van der Waals surface area contributed by atoms with Crippen LogP contribution in [0.5, 0.6) is 5.75 Å². The standard InChI is InChI=1S/C23H30N2O/c1-2-3-4-5-6-7-8-11-18-26-20-16-14-19(15-17-20)23-24-21-12-9-10-13-22(21)25-23/h9-10,12-17H,2-8,11,18H2,1H3,(H,24,25). The molecule has 1 heterocycles. The Hall–Kier alpha value is -2.29. The molecule has 0 bridgehead atoms. The predicted molar refractivity (Wildman–Crippen MR) is 110 cm³/mol. The number of fused-ring (bicyclic) bond motifs is 1. The molecule has 0 radical (unpaired) electrons. The molecule has 3 rings (SSSR count). The third-order valence-electron chi connectivity index (χ3n) is 4.78. The van der Waals surface area contributed by atoms with Gasteiger partial charge in [-0.1, -0.05) is 64.0 Å². The van der Waals surface area contributed by atoms with Gasteiger partial charge >= 0.3 is 0 Å². The van der Waals surface area contributed by atoms with Crippen molar-refractivity contribution in [3.8, 4) is 17.1 Å². The fourth-order valence-corrected chi connectivity index (χ4v) is 3.22. The van der Waals surface area contributed by atoms with E-state index in [9.17, 15) is 0 Å². The molecule has 138 valence electrons. The summed E-state index contributed by atoms with van der Waals surface area (Å²) in [6.07, 6.45) is 10.6. The zero-order valence-electron chi connectivity index (χ0n) is 15.8. The quantitative estimate of drug-likeness (QED) is 0.388. The molecule has 0 fully saturated rings. The maximum absolute atomic E-state index is 5.87. The highest BCUT2D eigenvalue weighted by atomic mass is 16.5. The van der Waals surface area contributed by atoms with Crippen LogP contribution in [0.2, 0.25) is 0 Å². The zero-order chi connectivity index (χ0) is 18.0. The van der Waals surface area contributed by atoms with Crippen molar-refractivity contribution >= 4 is 11.0 Å². The average Bonchev–Trinajstić information content (AvgIpc) is 3.11. The van der Waals surface area contributed by atoms with Crippen LogP contribution < -0.4 is 4.74 Å². The molecule has 0 atom stereocenters. The SMILES string of the molecule is CCCCCCCCCCOc1ccc(-c2nc3ccccc3[nH]2)cc1. The normalized spacial score (nSPS) is 11.1. The van der Waals surface area contributed by atoms with Crippen LogP contribution in [-0.4, -0.2) is 16.6 Å². The molecule has 3 aromatic rings. The molecule has 0 amide bonds. The van der Waals surface area contributed by atoms with Crippen molar-refractivity contribution in [1.82, 2.24) is 9.97 Å². The van der Waals surface area contributed by atoms with Crippen molar-refractivity contribution < 1.29 is 4.74 Å². The van der Waals surface area contributed by atoms with Crippen LogP contribution in [0.1, 0.15) is 58.3 Å². The maximum Gasteiger partial charge on any atom is 0.138 e. The monoisotopic (exact) mass is 350 g/mol. The molecule has 0 saturated heterocycles. The van der Waals surface area contributed by atoms with E-state index in [4.69, 9.17) is 4.74 Å². The van der Waals surface area contributed by atoms with Gasteiger partial charge in [-0.3, -0.25) is 0 Å². The van der Waals surface area contributed by atoms with Crippen molar-refractivity contribution in [3.05, 3.63) is 48.5 Å². The number of H-pyrrole nitrogens is 1. The third-order valence-corrected chi connectivity index (χ3v) is 4.78. The number of benzene rings is 2. The lowest BCUT2D eigenvalue weighted by atomic mass is 10.1. The van der Waals surface area contributed by atoms with Gasteiger partial charge in [-0.25, -0.2) is 4.98 Å². The van der Waals surface area contributed by atoms with E-state index < -0.39 is 0 Å². The first-order valence-electron chi connectivity index (χ1n) is 10.0. The third kappa shape index (κ3) is 5.35. The van der Waals surface area contributed by atoms with E-state index >= 15 is 0 Å². The lowest BCUT2D eigenvalue weighted by Crippen LogP contribution is -1.97. The number of unbranched alkanes of at least 4 members (excludes halogenated alkanes) is 7. The summed E-state index contributed by atoms with van der Waals surface area (Å²) in [4.78, 5) is 8.00. The highest BCUT2D eigenvalue weighted by molar-refractivity contribution is 5.79. The number of hydrogen-bond donors (Lipinski definition) is 1. The summed E-state index contributed by atoms with van der Waals surface area (Å²) in [6.45, 7) is 3.07. The lowest BCUT2D eigenvalue weighted by molar-refractivity contribution is 0.304. The van der Waals surface area contributed by atoms with E-state index in [-0.39, 0.29) is 0 Å². The number of aromatic amines is 1. The first-order chi connectivity index (χ1) is 12.9. The molecule has 0 aliphatic carbocycles. The number of imidazole rings is 1. The van der Waals surface area contributed by atoms with Crippen molar-refractivity contribution in [3.63, 3.8) is 0 Å². The number of para-hydroxylation sites is 2. The molecule has 3 heteroatoms. The van der Waals surface area contributed by atoms with Crippen molar-refractivity contribution in [2.24, 2.45) is 0 Å². The summed E-state index contributed by atoms with van der Waals surface area (Å²) >= 11 is 0. The van der Waals surface area contributed by atoms with Gasteiger partial charge in [0, 0.05) is 5.56 Å². The Bertz CT molecular complexity index is 743. The van der Waals surface area contributed by atoms with Crippen LogP contribution >= 0.6 is 0 Å².